The molecule has 0 saturated heterocycles. The Kier molecular flexibility index (Phi) is 22.8. The van der Waals surface area contributed by atoms with Crippen molar-refractivity contribution in [2.75, 3.05) is 0 Å². The van der Waals surface area contributed by atoms with Gasteiger partial charge < -0.3 is 4.74 Å². The molecule has 1 aromatic carbocycles. The van der Waals surface area contributed by atoms with Gasteiger partial charge in [0.2, 0.25) is 0 Å². The second kappa shape index (κ2) is 25.1. The van der Waals surface area contributed by atoms with Crippen LogP contribution in [0.3, 0.4) is 0 Å². The molecule has 1 N–H and O–H groups in total. The van der Waals surface area contributed by atoms with E-state index in [1.165, 1.54) is 172 Å². The maximum Gasteiger partial charge on any atom is 0.335 e. The number of benzene rings is 1. The summed E-state index contributed by atoms with van der Waals surface area (Å²) in [6.45, 7) is 2.29. The fourth-order valence-corrected chi connectivity index (χ4v) is 5.54. The van der Waals surface area contributed by atoms with E-state index in [0.717, 1.165) is 12.8 Å². The van der Waals surface area contributed by atoms with E-state index in [0.29, 0.717) is 0 Å². The van der Waals surface area contributed by atoms with Crippen molar-refractivity contribution in [2.45, 2.75) is 166 Å². The first-order valence-electron chi connectivity index (χ1n) is 16.4. The Hall–Kier alpha value is -1.66. The van der Waals surface area contributed by atoms with Gasteiger partial charge in [0.1, 0.15) is 5.75 Å². The van der Waals surface area contributed by atoms with Gasteiger partial charge in [0.05, 0.1) is 4.90 Å². The smallest absolute Gasteiger partial charge is 0.335 e. The summed E-state index contributed by atoms with van der Waals surface area (Å²) in [7, 11) is -4.25. The summed E-state index contributed by atoms with van der Waals surface area (Å²) in [4.78, 5) is 11.6. The Morgan fingerprint density at radius 3 is 1.32 bits per heavy atom. The van der Waals surface area contributed by atoms with Gasteiger partial charge in [-0.05, 0) is 37.1 Å². The third-order valence-electron chi connectivity index (χ3n) is 7.57. The zero-order valence-corrected chi connectivity index (χ0v) is 26.2. The van der Waals surface area contributed by atoms with Crippen LogP contribution in [0.15, 0.2) is 41.3 Å². The number of rotatable bonds is 27. The monoisotopic (exact) mass is 578 g/mol. The SMILES string of the molecule is CCCCCCCCCCCCCCCCCCCCCCCCCC=CC(=O)Oc1ccc(S(=O)(=O)O)cc1. The van der Waals surface area contributed by atoms with Crippen LogP contribution < -0.4 is 4.74 Å². The van der Waals surface area contributed by atoms with E-state index in [4.69, 9.17) is 9.29 Å². The van der Waals surface area contributed by atoms with Crippen molar-refractivity contribution < 1.29 is 22.5 Å². The largest absolute Gasteiger partial charge is 0.423 e. The highest BCUT2D eigenvalue weighted by atomic mass is 32.2. The summed E-state index contributed by atoms with van der Waals surface area (Å²) in [5, 5.41) is 0. The molecule has 6 heteroatoms. The summed E-state index contributed by atoms with van der Waals surface area (Å²) in [5.41, 5.74) is 0. The summed E-state index contributed by atoms with van der Waals surface area (Å²) in [6.07, 6.45) is 35.8. The predicted molar refractivity (Wildman–Crippen MR) is 168 cm³/mol. The summed E-state index contributed by atoms with van der Waals surface area (Å²) in [5.74, 6) is -0.254. The van der Waals surface area contributed by atoms with Crippen molar-refractivity contribution in [1.29, 1.82) is 0 Å². The maximum atomic E-state index is 11.8. The Balaban J connectivity index is 1.80. The van der Waals surface area contributed by atoms with Crippen LogP contribution >= 0.6 is 0 Å². The van der Waals surface area contributed by atoms with Gasteiger partial charge >= 0.3 is 5.97 Å². The van der Waals surface area contributed by atoms with E-state index in [1.54, 1.807) is 0 Å². The zero-order valence-electron chi connectivity index (χ0n) is 25.4. The number of esters is 1. The third kappa shape index (κ3) is 22.1. The van der Waals surface area contributed by atoms with E-state index >= 15 is 0 Å². The van der Waals surface area contributed by atoms with E-state index in [-0.39, 0.29) is 10.6 Å². The predicted octanol–water partition coefficient (Wildman–Crippen LogP) is 10.8. The van der Waals surface area contributed by atoms with E-state index in [1.807, 2.05) is 6.08 Å². The minimum Gasteiger partial charge on any atom is -0.423 e. The normalized spacial score (nSPS) is 11.8. The average molecular weight is 579 g/mol. The first-order chi connectivity index (χ1) is 19.4. The number of hydrogen-bond acceptors (Lipinski definition) is 4. The molecular weight excluding hydrogens is 520 g/mol. The molecule has 0 heterocycles. The van der Waals surface area contributed by atoms with Crippen LogP contribution in [0.2, 0.25) is 0 Å². The fraction of sp³-hybridized carbons (Fsp3) is 0.735. The van der Waals surface area contributed by atoms with Crippen molar-refractivity contribution in [3.63, 3.8) is 0 Å². The number of carbonyl (C=O) groups excluding carboxylic acids is 1. The van der Waals surface area contributed by atoms with Gasteiger partial charge in [-0.1, -0.05) is 154 Å². The molecule has 0 radical (unpaired) electrons. The van der Waals surface area contributed by atoms with Crippen LogP contribution in [-0.2, 0) is 14.9 Å². The third-order valence-corrected chi connectivity index (χ3v) is 8.44. The van der Waals surface area contributed by atoms with E-state index in [9.17, 15) is 13.2 Å². The van der Waals surface area contributed by atoms with Crippen LogP contribution in [-0.4, -0.2) is 18.9 Å². The highest BCUT2D eigenvalue weighted by molar-refractivity contribution is 7.85. The van der Waals surface area contributed by atoms with Crippen molar-refractivity contribution in [3.8, 4) is 5.75 Å². The molecule has 0 aliphatic heterocycles. The molecule has 0 atom stereocenters. The molecule has 1 rings (SSSR count). The van der Waals surface area contributed by atoms with Crippen LogP contribution in [0.1, 0.15) is 161 Å². The van der Waals surface area contributed by atoms with Crippen molar-refractivity contribution in [3.05, 3.63) is 36.4 Å². The van der Waals surface area contributed by atoms with Gasteiger partial charge in [-0.2, -0.15) is 8.42 Å². The lowest BCUT2D eigenvalue weighted by atomic mass is 10.0. The van der Waals surface area contributed by atoms with Crippen LogP contribution in [0.4, 0.5) is 0 Å². The standard InChI is InChI=1S/C34H58O5S/c1-2-3-4-5-6-7-8-9-10-11-12-13-14-15-16-17-18-19-20-21-22-23-24-25-26-27-34(35)39-32-28-30-33(31-29-32)40(36,37)38/h26-31H,2-25H2,1H3,(H,36,37,38). The highest BCUT2D eigenvalue weighted by Crippen LogP contribution is 2.17. The first kappa shape index (κ1) is 36.4. The summed E-state index contributed by atoms with van der Waals surface area (Å²) in [6, 6.07) is 5.08. The molecule has 0 spiro atoms. The van der Waals surface area contributed by atoms with Gasteiger partial charge in [-0.3, -0.25) is 4.55 Å². The number of allylic oxidation sites excluding steroid dienone is 1. The summed E-state index contributed by atoms with van der Waals surface area (Å²) < 4.78 is 36.2. The van der Waals surface area contributed by atoms with Crippen molar-refractivity contribution in [1.82, 2.24) is 0 Å². The van der Waals surface area contributed by atoms with Gasteiger partial charge in [-0.25, -0.2) is 4.79 Å². The molecule has 0 fully saturated rings. The summed E-state index contributed by atoms with van der Waals surface area (Å²) >= 11 is 0. The first-order valence-corrected chi connectivity index (χ1v) is 17.8. The highest BCUT2D eigenvalue weighted by Gasteiger charge is 2.09. The molecule has 0 unspecified atom stereocenters. The quantitative estimate of drug-likeness (QED) is 0.0369. The number of hydrogen-bond donors (Lipinski definition) is 1. The second-order valence-corrected chi connectivity index (χ2v) is 12.8. The molecule has 0 aromatic heterocycles. The van der Waals surface area contributed by atoms with Crippen LogP contribution in [0.25, 0.3) is 0 Å². The van der Waals surface area contributed by atoms with Crippen LogP contribution in [0.5, 0.6) is 5.75 Å². The Labute approximate surface area is 246 Å². The van der Waals surface area contributed by atoms with Crippen molar-refractivity contribution in [2.24, 2.45) is 0 Å². The minimum atomic E-state index is -4.25. The molecule has 230 valence electrons. The number of carbonyl (C=O) groups is 1. The maximum absolute atomic E-state index is 11.8. The van der Waals surface area contributed by atoms with Gasteiger partial charge in [0.15, 0.2) is 0 Å². The van der Waals surface area contributed by atoms with E-state index in [2.05, 4.69) is 6.92 Å². The molecular formula is C34H58O5S. The fourth-order valence-electron chi connectivity index (χ4n) is 5.06. The Bertz CT molecular complexity index is 861. The van der Waals surface area contributed by atoms with E-state index < -0.39 is 16.1 Å². The molecule has 0 bridgehead atoms. The molecule has 0 aliphatic rings. The molecule has 0 amide bonds. The minimum absolute atomic E-state index is 0.233. The molecule has 0 aliphatic carbocycles. The zero-order chi connectivity index (χ0) is 29.2. The average Bonchev–Trinajstić information content (AvgIpc) is 2.93. The molecule has 0 saturated carbocycles. The Morgan fingerprint density at radius 1 is 0.625 bits per heavy atom. The lowest BCUT2D eigenvalue weighted by Crippen LogP contribution is -2.04. The number of ether oxygens (including phenoxy) is 1. The van der Waals surface area contributed by atoms with Gasteiger partial charge in [-0.15, -0.1) is 0 Å². The van der Waals surface area contributed by atoms with Crippen molar-refractivity contribution >= 4 is 16.1 Å². The Morgan fingerprint density at radius 2 is 0.975 bits per heavy atom. The molecule has 40 heavy (non-hydrogen) atoms. The molecule has 1 aromatic rings. The number of unbranched alkanes of at least 4 members (excludes halogenated alkanes) is 23. The van der Waals surface area contributed by atoms with Gasteiger partial charge in [0, 0.05) is 6.08 Å². The lowest BCUT2D eigenvalue weighted by Gasteiger charge is -2.04. The topological polar surface area (TPSA) is 80.7 Å². The lowest BCUT2D eigenvalue weighted by molar-refractivity contribution is -0.129. The van der Waals surface area contributed by atoms with Crippen LogP contribution in [0, 0.1) is 0 Å². The molecule has 5 nitrogen and oxygen atoms in total. The second-order valence-electron chi connectivity index (χ2n) is 11.3. The van der Waals surface area contributed by atoms with Gasteiger partial charge in [0.25, 0.3) is 10.1 Å².